The smallest absolute Gasteiger partial charge is 0.234 e. The standard InChI is InChI=1S/C9H19N3OS/c1-4-9(10)12(6-5-11(2)3)8(13)7-14-9/h4-7,10H2,1-3H3. The molecule has 1 rings (SSSR count). The molecule has 0 aliphatic carbocycles. The van der Waals surface area contributed by atoms with E-state index < -0.39 is 4.99 Å². The zero-order chi connectivity index (χ0) is 10.8. The van der Waals surface area contributed by atoms with Gasteiger partial charge in [-0.1, -0.05) is 6.92 Å². The molecule has 14 heavy (non-hydrogen) atoms. The fraction of sp³-hybridized carbons (Fsp3) is 0.889. The Kier molecular flexibility index (Phi) is 3.80. The third-order valence-corrected chi connectivity index (χ3v) is 3.88. The molecule has 1 aliphatic heterocycles. The summed E-state index contributed by atoms with van der Waals surface area (Å²) in [5.74, 6) is 0.693. The summed E-state index contributed by atoms with van der Waals surface area (Å²) in [6.07, 6.45) is 0.802. The van der Waals surface area contributed by atoms with Crippen molar-refractivity contribution in [1.29, 1.82) is 0 Å². The van der Waals surface area contributed by atoms with Crippen LogP contribution in [0.3, 0.4) is 0 Å². The van der Waals surface area contributed by atoms with Crippen LogP contribution in [0.25, 0.3) is 0 Å². The summed E-state index contributed by atoms with van der Waals surface area (Å²) in [5, 5.41) is 0. The lowest BCUT2D eigenvalue weighted by Gasteiger charge is -2.33. The predicted octanol–water partition coefficient (Wildman–Crippen LogP) is 0.146. The molecule has 82 valence electrons. The number of likely N-dealkylation sites (N-methyl/N-ethyl adjacent to an activating group) is 1. The monoisotopic (exact) mass is 217 g/mol. The third kappa shape index (κ3) is 2.40. The summed E-state index contributed by atoms with van der Waals surface area (Å²) < 4.78 is 0. The highest BCUT2D eigenvalue weighted by atomic mass is 32.2. The Morgan fingerprint density at radius 2 is 2.29 bits per heavy atom. The van der Waals surface area contributed by atoms with Crippen molar-refractivity contribution in [3.63, 3.8) is 0 Å². The maximum absolute atomic E-state index is 11.6. The van der Waals surface area contributed by atoms with E-state index in [0.29, 0.717) is 5.75 Å². The highest BCUT2D eigenvalue weighted by molar-refractivity contribution is 8.01. The van der Waals surface area contributed by atoms with Crippen LogP contribution < -0.4 is 5.73 Å². The molecule has 1 amide bonds. The van der Waals surface area contributed by atoms with Crippen LogP contribution in [0.5, 0.6) is 0 Å². The minimum absolute atomic E-state index is 0.168. The van der Waals surface area contributed by atoms with Crippen molar-refractivity contribution in [1.82, 2.24) is 9.80 Å². The summed E-state index contributed by atoms with van der Waals surface area (Å²) in [6, 6.07) is 0. The van der Waals surface area contributed by atoms with Gasteiger partial charge in [-0.2, -0.15) is 0 Å². The number of nitrogens with two attached hydrogens (primary N) is 1. The van der Waals surface area contributed by atoms with E-state index in [0.717, 1.165) is 19.5 Å². The Morgan fingerprint density at radius 1 is 1.64 bits per heavy atom. The minimum Gasteiger partial charge on any atom is -0.314 e. The summed E-state index contributed by atoms with van der Waals surface area (Å²) >= 11 is 1.55. The molecule has 1 fully saturated rings. The maximum Gasteiger partial charge on any atom is 0.234 e. The van der Waals surface area contributed by atoms with Gasteiger partial charge in [-0.05, 0) is 20.5 Å². The second-order valence-electron chi connectivity index (χ2n) is 3.84. The predicted molar refractivity (Wildman–Crippen MR) is 59.9 cm³/mol. The second-order valence-corrected chi connectivity index (χ2v) is 5.12. The molecule has 0 spiro atoms. The molecule has 1 heterocycles. The van der Waals surface area contributed by atoms with E-state index in [4.69, 9.17) is 5.73 Å². The number of amides is 1. The van der Waals surface area contributed by atoms with Gasteiger partial charge >= 0.3 is 0 Å². The highest BCUT2D eigenvalue weighted by Crippen LogP contribution is 2.34. The van der Waals surface area contributed by atoms with Gasteiger partial charge in [0.15, 0.2) is 0 Å². The van der Waals surface area contributed by atoms with Crippen molar-refractivity contribution < 1.29 is 4.79 Å². The summed E-state index contributed by atoms with van der Waals surface area (Å²) in [6.45, 7) is 3.61. The Hall–Kier alpha value is -0.260. The van der Waals surface area contributed by atoms with Crippen LogP contribution >= 0.6 is 11.8 Å². The van der Waals surface area contributed by atoms with Crippen LogP contribution in [0.15, 0.2) is 0 Å². The Morgan fingerprint density at radius 3 is 2.79 bits per heavy atom. The van der Waals surface area contributed by atoms with E-state index in [1.165, 1.54) is 0 Å². The largest absolute Gasteiger partial charge is 0.314 e. The Balaban J connectivity index is 2.58. The van der Waals surface area contributed by atoms with Crippen LogP contribution in [0.2, 0.25) is 0 Å². The van der Waals surface area contributed by atoms with Crippen LogP contribution in [-0.2, 0) is 4.79 Å². The molecule has 1 unspecified atom stereocenters. The van der Waals surface area contributed by atoms with Crippen molar-refractivity contribution in [2.45, 2.75) is 18.3 Å². The van der Waals surface area contributed by atoms with Crippen LogP contribution in [0, 0.1) is 0 Å². The normalized spacial score (nSPS) is 27.8. The fourth-order valence-electron chi connectivity index (χ4n) is 1.46. The average molecular weight is 217 g/mol. The van der Waals surface area contributed by atoms with Gasteiger partial charge in [0.05, 0.1) is 5.75 Å². The van der Waals surface area contributed by atoms with Gasteiger partial charge in [-0.3, -0.25) is 10.5 Å². The van der Waals surface area contributed by atoms with E-state index >= 15 is 0 Å². The van der Waals surface area contributed by atoms with Crippen LogP contribution in [0.1, 0.15) is 13.3 Å². The molecule has 5 heteroatoms. The topological polar surface area (TPSA) is 49.6 Å². The van der Waals surface area contributed by atoms with Crippen LogP contribution in [0.4, 0.5) is 0 Å². The number of hydrogen-bond donors (Lipinski definition) is 1. The van der Waals surface area contributed by atoms with Crippen LogP contribution in [-0.4, -0.2) is 53.6 Å². The van der Waals surface area contributed by atoms with Crippen molar-refractivity contribution in [2.75, 3.05) is 32.9 Å². The molecule has 1 atom stereocenters. The lowest BCUT2D eigenvalue weighted by molar-refractivity contribution is -0.130. The number of thioether (sulfide) groups is 1. The molecule has 0 aromatic rings. The average Bonchev–Trinajstić information content (AvgIpc) is 2.41. The van der Waals surface area contributed by atoms with E-state index in [1.807, 2.05) is 21.0 Å². The van der Waals surface area contributed by atoms with Gasteiger partial charge in [0.1, 0.15) is 4.99 Å². The van der Waals surface area contributed by atoms with Gasteiger partial charge in [0.25, 0.3) is 0 Å². The first-order valence-corrected chi connectivity index (χ1v) is 5.86. The molecule has 0 aromatic carbocycles. The van der Waals surface area contributed by atoms with Gasteiger partial charge in [0.2, 0.25) is 5.91 Å². The fourth-order valence-corrected chi connectivity index (χ4v) is 2.54. The zero-order valence-electron chi connectivity index (χ0n) is 9.12. The molecular weight excluding hydrogens is 198 g/mol. The van der Waals surface area contributed by atoms with Gasteiger partial charge in [-0.15, -0.1) is 11.8 Å². The number of nitrogens with zero attached hydrogens (tertiary/aromatic N) is 2. The number of carbonyl (C=O) groups is 1. The lowest BCUT2D eigenvalue weighted by Crippen LogP contribution is -2.52. The zero-order valence-corrected chi connectivity index (χ0v) is 9.93. The molecule has 2 N–H and O–H groups in total. The van der Waals surface area contributed by atoms with Crippen molar-refractivity contribution in [3.05, 3.63) is 0 Å². The first-order chi connectivity index (χ1) is 6.49. The van der Waals surface area contributed by atoms with Crippen molar-refractivity contribution >= 4 is 17.7 Å². The number of rotatable bonds is 4. The lowest BCUT2D eigenvalue weighted by atomic mass is 10.3. The molecule has 0 bridgehead atoms. The quantitative estimate of drug-likeness (QED) is 0.728. The van der Waals surface area contributed by atoms with E-state index in [1.54, 1.807) is 16.7 Å². The third-order valence-electron chi connectivity index (χ3n) is 2.48. The molecule has 1 saturated heterocycles. The molecule has 0 aromatic heterocycles. The second kappa shape index (κ2) is 4.51. The minimum atomic E-state index is -0.465. The van der Waals surface area contributed by atoms with Gasteiger partial charge in [-0.25, -0.2) is 0 Å². The number of hydrogen-bond acceptors (Lipinski definition) is 4. The molecular formula is C9H19N3OS. The van der Waals surface area contributed by atoms with Crippen molar-refractivity contribution in [2.24, 2.45) is 5.73 Å². The van der Waals surface area contributed by atoms with E-state index in [9.17, 15) is 4.79 Å². The Labute approximate surface area is 89.8 Å². The molecule has 1 aliphatic rings. The highest BCUT2D eigenvalue weighted by Gasteiger charge is 2.41. The summed E-state index contributed by atoms with van der Waals surface area (Å²) in [4.78, 5) is 15.0. The molecule has 0 radical (unpaired) electrons. The first kappa shape index (κ1) is 11.8. The van der Waals surface area contributed by atoms with E-state index in [-0.39, 0.29) is 5.91 Å². The van der Waals surface area contributed by atoms with Gasteiger partial charge in [0, 0.05) is 13.1 Å². The van der Waals surface area contributed by atoms with Crippen molar-refractivity contribution in [3.8, 4) is 0 Å². The molecule has 4 nitrogen and oxygen atoms in total. The van der Waals surface area contributed by atoms with E-state index in [2.05, 4.69) is 4.90 Å². The SMILES string of the molecule is CCC1(N)SCC(=O)N1CCN(C)C. The first-order valence-electron chi connectivity index (χ1n) is 4.87. The maximum atomic E-state index is 11.6. The molecule has 0 saturated carbocycles. The summed E-state index contributed by atoms with van der Waals surface area (Å²) in [5.41, 5.74) is 6.13. The Bertz CT molecular complexity index is 222. The van der Waals surface area contributed by atoms with Gasteiger partial charge < -0.3 is 9.80 Å². The number of carbonyl (C=O) groups excluding carboxylic acids is 1. The summed E-state index contributed by atoms with van der Waals surface area (Å²) in [7, 11) is 4.00.